The van der Waals surface area contributed by atoms with Crippen LogP contribution in [0.15, 0.2) is 36.4 Å². The lowest BCUT2D eigenvalue weighted by Gasteiger charge is -2.36. The number of hydrogen-bond donors (Lipinski definition) is 0. The summed E-state index contributed by atoms with van der Waals surface area (Å²) in [6.45, 7) is 10.5. The molecular weight excluding hydrogens is 565 g/mol. The first-order chi connectivity index (χ1) is 19.5. The number of nitriles is 1. The van der Waals surface area contributed by atoms with E-state index in [4.69, 9.17) is 26.4 Å². The predicted octanol–water partition coefficient (Wildman–Crippen LogP) is 6.67. The lowest BCUT2D eigenvalue weighted by Crippen LogP contribution is -2.50. The zero-order chi connectivity index (χ0) is 29.5. The molecule has 9 nitrogen and oxygen atoms in total. The highest BCUT2D eigenvalue weighted by molar-refractivity contribution is 7.16. The minimum Gasteiger partial charge on any atom is -0.444 e. The highest BCUT2D eigenvalue weighted by Crippen LogP contribution is 2.40. The number of carbonyl (C=O) groups is 1. The Morgan fingerprint density at radius 1 is 1.20 bits per heavy atom. The van der Waals surface area contributed by atoms with Gasteiger partial charge in [0.25, 0.3) is 0 Å². The molecule has 5 rings (SSSR count). The standard InChI is InChI=1S/C29H31ClFN7O2S/c1-6-38-26(35(5)27-33-24(23(17-32)41-27)18-7-9-19(31)10-8-18)21-15-20(16-22(30)25(21)34-38)36-11-13-37(14-12-36)28(39)40-29(2,3)4/h7-10,15-16H,6,11-14H2,1-5H3. The summed E-state index contributed by atoms with van der Waals surface area (Å²) in [6.07, 6.45) is -0.307. The number of fused-ring (bicyclic) bond motifs is 1. The second-order valence-electron chi connectivity index (χ2n) is 10.8. The number of benzene rings is 2. The van der Waals surface area contributed by atoms with E-state index in [2.05, 4.69) is 17.0 Å². The van der Waals surface area contributed by atoms with Gasteiger partial charge in [-0.05, 0) is 64.1 Å². The number of piperazine rings is 1. The van der Waals surface area contributed by atoms with Crippen LogP contribution >= 0.6 is 22.9 Å². The van der Waals surface area contributed by atoms with Crippen LogP contribution in [0.1, 0.15) is 32.6 Å². The van der Waals surface area contributed by atoms with Gasteiger partial charge in [0.15, 0.2) is 5.13 Å². The van der Waals surface area contributed by atoms with Crippen molar-refractivity contribution in [2.45, 2.75) is 39.8 Å². The van der Waals surface area contributed by atoms with Crippen molar-refractivity contribution in [3.63, 3.8) is 0 Å². The molecule has 2 aromatic carbocycles. The van der Waals surface area contributed by atoms with Crippen molar-refractivity contribution < 1.29 is 13.9 Å². The van der Waals surface area contributed by atoms with E-state index in [0.717, 1.165) is 16.9 Å². The molecule has 1 amide bonds. The van der Waals surface area contributed by atoms with E-state index in [1.54, 1.807) is 17.0 Å². The Morgan fingerprint density at radius 2 is 1.88 bits per heavy atom. The van der Waals surface area contributed by atoms with Crippen molar-refractivity contribution in [3.05, 3.63) is 52.1 Å². The number of amides is 1. The molecule has 3 heterocycles. The van der Waals surface area contributed by atoms with Crippen molar-refractivity contribution in [1.82, 2.24) is 19.7 Å². The van der Waals surface area contributed by atoms with Gasteiger partial charge < -0.3 is 19.4 Å². The van der Waals surface area contributed by atoms with Gasteiger partial charge in [0.05, 0.1) is 5.02 Å². The van der Waals surface area contributed by atoms with Crippen molar-refractivity contribution in [3.8, 4) is 17.3 Å². The topological polar surface area (TPSA) is 90.5 Å². The average molecular weight is 596 g/mol. The molecular formula is C29H31ClFN7O2S. The Balaban J connectivity index is 1.47. The summed E-state index contributed by atoms with van der Waals surface area (Å²) in [4.78, 5) is 23.6. The van der Waals surface area contributed by atoms with Crippen molar-refractivity contribution in [2.75, 3.05) is 43.0 Å². The molecule has 0 unspecified atom stereocenters. The fraction of sp³-hybridized carbons (Fsp3) is 0.379. The fourth-order valence-electron chi connectivity index (χ4n) is 4.82. The van der Waals surface area contributed by atoms with Gasteiger partial charge in [0.1, 0.15) is 39.4 Å². The van der Waals surface area contributed by atoms with E-state index in [1.807, 2.05) is 50.4 Å². The Bertz CT molecular complexity index is 1630. The van der Waals surface area contributed by atoms with Gasteiger partial charge >= 0.3 is 6.09 Å². The zero-order valence-electron chi connectivity index (χ0n) is 23.6. The van der Waals surface area contributed by atoms with E-state index in [-0.39, 0.29) is 11.9 Å². The summed E-state index contributed by atoms with van der Waals surface area (Å²) in [5.74, 6) is 0.444. The molecule has 4 aromatic rings. The second kappa shape index (κ2) is 11.2. The monoisotopic (exact) mass is 595 g/mol. The molecule has 1 aliphatic rings. The van der Waals surface area contributed by atoms with Crippen LogP contribution in [0.4, 0.5) is 25.8 Å². The maximum absolute atomic E-state index is 13.5. The SMILES string of the molecule is CCn1nc2c(Cl)cc(N3CCN(C(=O)OC(C)(C)C)CC3)cc2c1N(C)c1nc(-c2ccc(F)cc2)c(C#N)s1. The normalized spacial score (nSPS) is 13.9. The van der Waals surface area contributed by atoms with Gasteiger partial charge in [0.2, 0.25) is 0 Å². The number of aryl methyl sites for hydroxylation is 1. The Morgan fingerprint density at radius 3 is 2.49 bits per heavy atom. The van der Waals surface area contributed by atoms with Crippen molar-refractivity contribution in [1.29, 1.82) is 5.26 Å². The fourth-order valence-corrected chi connectivity index (χ4v) is 5.92. The predicted molar refractivity (Wildman–Crippen MR) is 161 cm³/mol. The molecule has 12 heteroatoms. The smallest absolute Gasteiger partial charge is 0.410 e. The lowest BCUT2D eigenvalue weighted by atomic mass is 10.1. The van der Waals surface area contributed by atoms with E-state index < -0.39 is 5.60 Å². The molecule has 0 bridgehead atoms. The van der Waals surface area contributed by atoms with Crippen molar-refractivity contribution in [2.24, 2.45) is 0 Å². The van der Waals surface area contributed by atoms with Crippen LogP contribution in [0.25, 0.3) is 22.2 Å². The molecule has 0 spiro atoms. The number of carbonyl (C=O) groups excluding carboxylic acids is 1. The highest BCUT2D eigenvalue weighted by Gasteiger charge is 2.28. The number of aromatic nitrogens is 3. The van der Waals surface area contributed by atoms with Gasteiger partial charge in [-0.3, -0.25) is 0 Å². The van der Waals surface area contributed by atoms with Crippen LogP contribution in [0.2, 0.25) is 5.02 Å². The second-order valence-corrected chi connectivity index (χ2v) is 12.2. The summed E-state index contributed by atoms with van der Waals surface area (Å²) in [5.41, 5.74) is 2.24. The van der Waals surface area contributed by atoms with E-state index in [1.165, 1.54) is 23.5 Å². The van der Waals surface area contributed by atoms with Crippen LogP contribution in [-0.2, 0) is 11.3 Å². The van der Waals surface area contributed by atoms with Gasteiger partial charge in [-0.15, -0.1) is 0 Å². The number of halogens is 2. The van der Waals surface area contributed by atoms with E-state index in [9.17, 15) is 14.4 Å². The quantitative estimate of drug-likeness (QED) is 0.254. The minimum atomic E-state index is -0.542. The summed E-state index contributed by atoms with van der Waals surface area (Å²) < 4.78 is 20.9. The lowest BCUT2D eigenvalue weighted by molar-refractivity contribution is 0.0240. The minimum absolute atomic E-state index is 0.307. The summed E-state index contributed by atoms with van der Waals surface area (Å²) >= 11 is 8.04. The number of rotatable bonds is 5. The van der Waals surface area contributed by atoms with Crippen LogP contribution < -0.4 is 9.80 Å². The average Bonchev–Trinajstić information content (AvgIpc) is 3.54. The van der Waals surface area contributed by atoms with E-state index >= 15 is 0 Å². The number of thiazole rings is 1. The molecule has 0 aliphatic carbocycles. The van der Waals surface area contributed by atoms with Gasteiger partial charge in [0, 0.05) is 56.4 Å². The van der Waals surface area contributed by atoms with Crippen LogP contribution in [0, 0.1) is 17.1 Å². The molecule has 0 saturated carbocycles. The van der Waals surface area contributed by atoms with Gasteiger partial charge in [-0.25, -0.2) is 18.9 Å². The van der Waals surface area contributed by atoms with Crippen LogP contribution in [0.3, 0.4) is 0 Å². The third kappa shape index (κ3) is 5.80. The van der Waals surface area contributed by atoms with E-state index in [0.29, 0.717) is 64.5 Å². The summed E-state index contributed by atoms with van der Waals surface area (Å²) in [6, 6.07) is 12.2. The Labute approximate surface area is 247 Å². The third-order valence-electron chi connectivity index (χ3n) is 6.79. The first-order valence-electron chi connectivity index (χ1n) is 13.3. The maximum Gasteiger partial charge on any atom is 0.410 e. The Kier molecular flexibility index (Phi) is 7.81. The van der Waals surface area contributed by atoms with Crippen LogP contribution in [-0.4, -0.2) is 64.6 Å². The molecule has 1 aliphatic heterocycles. The van der Waals surface area contributed by atoms with Gasteiger partial charge in [-0.1, -0.05) is 22.9 Å². The molecule has 1 fully saturated rings. The summed E-state index contributed by atoms with van der Waals surface area (Å²) in [7, 11) is 1.89. The number of hydrogen-bond acceptors (Lipinski definition) is 8. The first kappa shape index (κ1) is 28.6. The molecule has 41 heavy (non-hydrogen) atoms. The molecule has 1 saturated heterocycles. The first-order valence-corrected chi connectivity index (χ1v) is 14.5. The largest absolute Gasteiger partial charge is 0.444 e. The molecule has 0 N–H and O–H groups in total. The number of ether oxygens (including phenoxy) is 1. The molecule has 2 aromatic heterocycles. The van der Waals surface area contributed by atoms with Gasteiger partial charge in [-0.2, -0.15) is 10.4 Å². The zero-order valence-corrected chi connectivity index (χ0v) is 25.2. The molecule has 0 atom stereocenters. The molecule has 214 valence electrons. The Hall–Kier alpha value is -3.88. The third-order valence-corrected chi connectivity index (χ3v) is 8.11. The number of nitrogens with zero attached hydrogens (tertiary/aromatic N) is 7. The molecule has 0 radical (unpaired) electrons. The van der Waals surface area contributed by atoms with Crippen molar-refractivity contribution >= 4 is 56.6 Å². The van der Waals surface area contributed by atoms with Crippen LogP contribution in [0.5, 0.6) is 0 Å². The summed E-state index contributed by atoms with van der Waals surface area (Å²) in [5, 5.41) is 16.6. The highest BCUT2D eigenvalue weighted by atomic mass is 35.5. The maximum atomic E-state index is 13.5. The number of anilines is 3.